The summed E-state index contributed by atoms with van der Waals surface area (Å²) in [5.74, 6) is 4.34. The van der Waals surface area contributed by atoms with Crippen molar-refractivity contribution in [1.82, 2.24) is 0 Å². The number of carbonyl (C=O) groups excluding carboxylic acids is 2. The lowest BCUT2D eigenvalue weighted by Gasteiger charge is -2.59. The summed E-state index contributed by atoms with van der Waals surface area (Å²) < 4.78 is 5.82. The van der Waals surface area contributed by atoms with Crippen molar-refractivity contribution in [3.63, 3.8) is 0 Å². The van der Waals surface area contributed by atoms with Crippen molar-refractivity contribution in [3.8, 4) is 12.3 Å². The van der Waals surface area contributed by atoms with E-state index in [1.165, 1.54) is 12.5 Å². The van der Waals surface area contributed by atoms with Gasteiger partial charge in [-0.25, -0.2) is 0 Å². The van der Waals surface area contributed by atoms with Crippen molar-refractivity contribution in [1.29, 1.82) is 0 Å². The number of esters is 1. The monoisotopic (exact) mass is 366 g/mol. The Hall–Kier alpha value is -1.82. The predicted octanol–water partition coefficient (Wildman–Crippen LogP) is 4.62. The van der Waals surface area contributed by atoms with Gasteiger partial charge in [-0.05, 0) is 73.3 Å². The maximum atomic E-state index is 12.0. The molecule has 3 heteroatoms. The Balaban J connectivity index is 1.73. The van der Waals surface area contributed by atoms with Crippen LogP contribution in [0.3, 0.4) is 0 Å². The summed E-state index contributed by atoms with van der Waals surface area (Å²) >= 11 is 0. The fraction of sp³-hybridized carbons (Fsp3) is 0.667. The van der Waals surface area contributed by atoms with Crippen molar-refractivity contribution in [2.24, 2.45) is 28.6 Å². The predicted molar refractivity (Wildman–Crippen MR) is 105 cm³/mol. The standard InChI is InChI=1S/C24H30O3/c1-6-24(27-16(3)25)12-9-20-18-13-15(2)21-14-17(26)7-10-22(21,4)19(18)8-11-23(20,24)5/h1,14,18-20H,2,7-13H2,3-5H3/t18-,19-,20+,22-,23+,24?/m1/s1. The maximum Gasteiger partial charge on any atom is 0.304 e. The molecule has 0 radical (unpaired) electrons. The molecule has 0 aliphatic heterocycles. The summed E-state index contributed by atoms with van der Waals surface area (Å²) in [7, 11) is 0. The van der Waals surface area contributed by atoms with Gasteiger partial charge in [-0.15, -0.1) is 6.42 Å². The molecule has 0 amide bonds. The van der Waals surface area contributed by atoms with Crippen molar-refractivity contribution in [2.75, 3.05) is 0 Å². The van der Waals surface area contributed by atoms with E-state index >= 15 is 0 Å². The highest BCUT2D eigenvalue weighted by Gasteiger charge is 2.65. The second kappa shape index (κ2) is 5.84. The first-order chi connectivity index (χ1) is 12.7. The van der Waals surface area contributed by atoms with Gasteiger partial charge in [0.2, 0.25) is 0 Å². The van der Waals surface area contributed by atoms with Crippen molar-refractivity contribution in [3.05, 3.63) is 23.8 Å². The largest absolute Gasteiger partial charge is 0.445 e. The first kappa shape index (κ1) is 18.5. The van der Waals surface area contributed by atoms with Crippen molar-refractivity contribution in [2.45, 2.75) is 71.3 Å². The SMILES string of the molecule is C#CC1(OC(C)=O)CC[C@H]2[C@@H]3CC(=C)C4=CC(=O)CC[C@]4(C)[C@@H]3CC[C@@]21C. The Morgan fingerprint density at radius 1 is 1.26 bits per heavy atom. The van der Waals surface area contributed by atoms with E-state index in [2.05, 4.69) is 26.3 Å². The molecule has 0 aromatic rings. The summed E-state index contributed by atoms with van der Waals surface area (Å²) in [5, 5.41) is 0. The average Bonchev–Trinajstić information content (AvgIpc) is 2.89. The molecule has 0 heterocycles. The van der Waals surface area contributed by atoms with Gasteiger partial charge in [-0.1, -0.05) is 31.9 Å². The number of ketones is 1. The van der Waals surface area contributed by atoms with Crippen molar-refractivity contribution >= 4 is 11.8 Å². The lowest BCUT2D eigenvalue weighted by atomic mass is 9.46. The fourth-order valence-electron chi connectivity index (χ4n) is 7.24. The molecule has 0 aromatic carbocycles. The van der Waals surface area contributed by atoms with Crippen LogP contribution in [0.1, 0.15) is 65.7 Å². The highest BCUT2D eigenvalue weighted by atomic mass is 16.6. The van der Waals surface area contributed by atoms with Gasteiger partial charge in [-0.2, -0.15) is 0 Å². The zero-order chi connectivity index (χ0) is 19.6. The van der Waals surface area contributed by atoms with E-state index in [9.17, 15) is 9.59 Å². The van der Waals surface area contributed by atoms with Gasteiger partial charge in [0.1, 0.15) is 0 Å². The molecule has 4 aliphatic carbocycles. The number of carbonyl (C=O) groups is 2. The summed E-state index contributed by atoms with van der Waals surface area (Å²) in [6.45, 7) is 10.4. The second-order valence-corrected chi connectivity index (χ2v) is 9.69. The Morgan fingerprint density at radius 3 is 2.63 bits per heavy atom. The lowest BCUT2D eigenvalue weighted by molar-refractivity contribution is -0.168. The van der Waals surface area contributed by atoms with Crippen LogP contribution < -0.4 is 0 Å². The van der Waals surface area contributed by atoms with Gasteiger partial charge in [-0.3, -0.25) is 9.59 Å². The molecule has 144 valence electrons. The van der Waals surface area contributed by atoms with Gasteiger partial charge >= 0.3 is 5.97 Å². The number of rotatable bonds is 1. The quantitative estimate of drug-likeness (QED) is 0.502. The first-order valence-electron chi connectivity index (χ1n) is 10.3. The third-order valence-corrected chi connectivity index (χ3v) is 8.60. The molecule has 3 fully saturated rings. The fourth-order valence-corrected chi connectivity index (χ4v) is 7.24. The number of ether oxygens (including phenoxy) is 1. The smallest absolute Gasteiger partial charge is 0.304 e. The topological polar surface area (TPSA) is 43.4 Å². The minimum Gasteiger partial charge on any atom is -0.445 e. The highest BCUT2D eigenvalue weighted by Crippen LogP contribution is 2.68. The van der Waals surface area contributed by atoms with Crippen LogP contribution in [-0.4, -0.2) is 17.4 Å². The number of fused-ring (bicyclic) bond motifs is 5. The molecular weight excluding hydrogens is 336 g/mol. The summed E-state index contributed by atoms with van der Waals surface area (Å²) in [4.78, 5) is 23.9. The number of terminal acetylenes is 1. The maximum absolute atomic E-state index is 12.0. The molecule has 1 unspecified atom stereocenters. The van der Waals surface area contributed by atoms with Gasteiger partial charge < -0.3 is 4.74 Å². The Bertz CT molecular complexity index is 799. The number of allylic oxidation sites excluding steroid dienone is 2. The van der Waals surface area contributed by atoms with Crippen molar-refractivity contribution < 1.29 is 14.3 Å². The molecule has 6 atom stereocenters. The summed E-state index contributed by atoms with van der Waals surface area (Å²) in [6, 6.07) is 0. The van der Waals surface area contributed by atoms with E-state index in [4.69, 9.17) is 11.2 Å². The summed E-state index contributed by atoms with van der Waals surface area (Å²) in [6.07, 6.45) is 14.1. The zero-order valence-electron chi connectivity index (χ0n) is 16.8. The van der Waals surface area contributed by atoms with E-state index in [1.54, 1.807) is 0 Å². The summed E-state index contributed by atoms with van der Waals surface area (Å²) in [5.41, 5.74) is 1.40. The van der Waals surface area contributed by atoms with Gasteiger partial charge in [0.25, 0.3) is 0 Å². The molecule has 0 aromatic heterocycles. The third-order valence-electron chi connectivity index (χ3n) is 8.60. The molecule has 3 saturated carbocycles. The van der Waals surface area contributed by atoms with Crippen LogP contribution in [0, 0.1) is 40.9 Å². The van der Waals surface area contributed by atoms with Crippen LogP contribution in [0.15, 0.2) is 23.8 Å². The van der Waals surface area contributed by atoms with E-state index in [0.717, 1.165) is 44.1 Å². The van der Waals surface area contributed by atoms with E-state index in [1.807, 2.05) is 6.08 Å². The third kappa shape index (κ3) is 2.35. The van der Waals surface area contributed by atoms with Crippen LogP contribution in [0.25, 0.3) is 0 Å². The lowest BCUT2D eigenvalue weighted by Crippen LogP contribution is -2.55. The molecule has 27 heavy (non-hydrogen) atoms. The van der Waals surface area contributed by atoms with E-state index in [0.29, 0.717) is 24.2 Å². The number of hydrogen-bond donors (Lipinski definition) is 0. The molecule has 4 rings (SSSR count). The molecule has 4 aliphatic rings. The van der Waals surface area contributed by atoms with Crippen LogP contribution in [0.2, 0.25) is 0 Å². The van der Waals surface area contributed by atoms with Gasteiger partial charge in [0.05, 0.1) is 0 Å². The highest BCUT2D eigenvalue weighted by molar-refractivity contribution is 5.92. The van der Waals surface area contributed by atoms with E-state index in [-0.39, 0.29) is 22.6 Å². The molecule has 0 N–H and O–H groups in total. The van der Waals surface area contributed by atoms with Crippen LogP contribution in [-0.2, 0) is 14.3 Å². The molecular formula is C24H30O3. The van der Waals surface area contributed by atoms with Crippen LogP contribution in [0.4, 0.5) is 0 Å². The minimum absolute atomic E-state index is 0.0397. The minimum atomic E-state index is -0.782. The molecule has 0 saturated heterocycles. The first-order valence-corrected chi connectivity index (χ1v) is 10.3. The van der Waals surface area contributed by atoms with E-state index < -0.39 is 5.60 Å². The number of hydrogen-bond acceptors (Lipinski definition) is 3. The molecule has 3 nitrogen and oxygen atoms in total. The zero-order valence-corrected chi connectivity index (χ0v) is 16.8. The average molecular weight is 367 g/mol. The molecule has 0 spiro atoms. The normalized spacial score (nSPS) is 45.9. The van der Waals surface area contributed by atoms with Crippen LogP contribution >= 0.6 is 0 Å². The Labute approximate surface area is 162 Å². The van der Waals surface area contributed by atoms with Gasteiger partial charge in [0, 0.05) is 18.8 Å². The second-order valence-electron chi connectivity index (χ2n) is 9.69. The van der Waals surface area contributed by atoms with Crippen LogP contribution in [0.5, 0.6) is 0 Å². The van der Waals surface area contributed by atoms with Gasteiger partial charge in [0.15, 0.2) is 11.4 Å². The Morgan fingerprint density at radius 2 is 1.96 bits per heavy atom. The molecule has 0 bridgehead atoms. The Kier molecular flexibility index (Phi) is 4.01.